The highest BCUT2D eigenvalue weighted by Gasteiger charge is 2.37. The van der Waals surface area contributed by atoms with Gasteiger partial charge in [0.25, 0.3) is 11.8 Å². The van der Waals surface area contributed by atoms with Crippen LogP contribution < -0.4 is 10.6 Å². The maximum atomic E-state index is 13.0. The van der Waals surface area contributed by atoms with Crippen molar-refractivity contribution < 1.29 is 28.3 Å². The second-order valence-corrected chi connectivity index (χ2v) is 8.36. The van der Waals surface area contributed by atoms with E-state index in [0.29, 0.717) is 0 Å². The molecular weight excluding hydrogens is 426 g/mol. The molecule has 0 unspecified atom stereocenters. The van der Waals surface area contributed by atoms with E-state index in [1.807, 2.05) is 24.3 Å². The Balaban J connectivity index is 1.36. The monoisotopic (exact) mass is 453 g/mol. The molecule has 1 aromatic heterocycles. The smallest absolute Gasteiger partial charge is 0.329 e. The van der Waals surface area contributed by atoms with Crippen molar-refractivity contribution in [2.24, 2.45) is 0 Å². The number of hydrogen-bond acceptors (Lipinski definition) is 6. The van der Waals surface area contributed by atoms with Crippen molar-refractivity contribution in [3.63, 3.8) is 0 Å². The molecule has 1 aliphatic heterocycles. The van der Waals surface area contributed by atoms with Gasteiger partial charge in [-0.15, -0.1) is 0 Å². The molecule has 1 fully saturated rings. The molecule has 9 nitrogen and oxygen atoms in total. The molecule has 9 heteroatoms. The number of esters is 1. The van der Waals surface area contributed by atoms with Crippen LogP contribution in [0.4, 0.5) is 4.79 Å². The van der Waals surface area contributed by atoms with Crippen LogP contribution in [0, 0.1) is 0 Å². The Hall–Kier alpha value is -3.62. The number of urea groups is 1. The summed E-state index contributed by atoms with van der Waals surface area (Å²) >= 11 is 0. The lowest BCUT2D eigenvalue weighted by Gasteiger charge is -2.34. The summed E-state index contributed by atoms with van der Waals surface area (Å²) in [5.74, 6) is -1.76. The zero-order chi connectivity index (χ0) is 23.2. The molecule has 4 amide bonds. The van der Waals surface area contributed by atoms with Gasteiger partial charge in [0, 0.05) is 19.0 Å². The second-order valence-electron chi connectivity index (χ2n) is 8.36. The lowest BCUT2D eigenvalue weighted by atomic mass is 9.93. The molecule has 1 saturated carbocycles. The van der Waals surface area contributed by atoms with Crippen LogP contribution in [0.3, 0.4) is 0 Å². The van der Waals surface area contributed by atoms with Gasteiger partial charge in [0.1, 0.15) is 6.04 Å². The van der Waals surface area contributed by atoms with Gasteiger partial charge in [0.15, 0.2) is 12.4 Å². The molecular formula is C24H27N3O6. The standard InChI is InChI=1S/C24H27N3O6/c28-21(26-24(31)25-18-9-2-1-3-10-18)15-33-23(30)19-13-16-7-4-5-8-17(16)14-27(19)22(29)20-11-6-12-32-20/h4-8,11-12,18-19H,1-3,9-10,13-15H2,(H2,25,26,28,31)/t19-/m0/s1. The highest BCUT2D eigenvalue weighted by Crippen LogP contribution is 2.26. The van der Waals surface area contributed by atoms with Gasteiger partial charge in [0.2, 0.25) is 0 Å². The number of carbonyl (C=O) groups is 4. The highest BCUT2D eigenvalue weighted by molar-refractivity contribution is 5.97. The molecule has 2 heterocycles. The van der Waals surface area contributed by atoms with Gasteiger partial charge in [-0.1, -0.05) is 43.5 Å². The van der Waals surface area contributed by atoms with E-state index in [0.717, 1.165) is 43.2 Å². The Morgan fingerprint density at radius 1 is 1.00 bits per heavy atom. The van der Waals surface area contributed by atoms with E-state index in [-0.39, 0.29) is 24.8 Å². The van der Waals surface area contributed by atoms with Gasteiger partial charge < -0.3 is 19.4 Å². The maximum Gasteiger partial charge on any atom is 0.329 e. The van der Waals surface area contributed by atoms with Crippen molar-refractivity contribution in [2.75, 3.05) is 6.61 Å². The van der Waals surface area contributed by atoms with Gasteiger partial charge in [-0.05, 0) is 36.1 Å². The zero-order valence-electron chi connectivity index (χ0n) is 18.2. The molecule has 2 aliphatic rings. The third kappa shape index (κ3) is 5.60. The molecule has 1 atom stereocenters. The van der Waals surface area contributed by atoms with Crippen molar-refractivity contribution in [1.29, 1.82) is 0 Å². The van der Waals surface area contributed by atoms with Crippen molar-refractivity contribution in [1.82, 2.24) is 15.5 Å². The van der Waals surface area contributed by atoms with Crippen molar-refractivity contribution in [2.45, 2.75) is 57.2 Å². The second kappa shape index (κ2) is 10.3. The highest BCUT2D eigenvalue weighted by atomic mass is 16.5. The first kappa shape index (κ1) is 22.6. The van der Waals surface area contributed by atoms with Crippen molar-refractivity contribution >= 4 is 23.8 Å². The fourth-order valence-electron chi connectivity index (χ4n) is 4.35. The Kier molecular flexibility index (Phi) is 7.07. The summed E-state index contributed by atoms with van der Waals surface area (Å²) in [4.78, 5) is 51.4. The van der Waals surface area contributed by atoms with E-state index in [4.69, 9.17) is 9.15 Å². The van der Waals surface area contributed by atoms with E-state index in [1.54, 1.807) is 6.07 Å². The molecule has 2 N–H and O–H groups in total. The van der Waals surface area contributed by atoms with Gasteiger partial charge in [-0.25, -0.2) is 9.59 Å². The number of benzene rings is 1. The van der Waals surface area contributed by atoms with E-state index in [9.17, 15) is 19.2 Å². The van der Waals surface area contributed by atoms with Crippen LogP contribution in [-0.2, 0) is 27.3 Å². The SMILES string of the molecule is O=C(COC(=O)[C@@H]1Cc2ccccc2CN1C(=O)c1ccco1)NC(=O)NC1CCCCC1. The van der Waals surface area contributed by atoms with E-state index in [2.05, 4.69) is 10.6 Å². The summed E-state index contributed by atoms with van der Waals surface area (Å²) in [5.41, 5.74) is 1.86. The molecule has 0 radical (unpaired) electrons. The van der Waals surface area contributed by atoms with Crippen LogP contribution in [0.25, 0.3) is 0 Å². The number of nitrogens with zero attached hydrogens (tertiary/aromatic N) is 1. The predicted octanol–water partition coefficient (Wildman–Crippen LogP) is 2.55. The van der Waals surface area contributed by atoms with Crippen LogP contribution in [0.2, 0.25) is 0 Å². The summed E-state index contributed by atoms with van der Waals surface area (Å²) in [6.45, 7) is -0.399. The third-order valence-corrected chi connectivity index (χ3v) is 6.05. The number of fused-ring (bicyclic) bond motifs is 1. The normalized spacial score (nSPS) is 18.2. The van der Waals surface area contributed by atoms with Crippen LogP contribution in [-0.4, -0.2) is 47.4 Å². The molecule has 174 valence electrons. The molecule has 4 rings (SSSR count). The van der Waals surface area contributed by atoms with Gasteiger partial charge >= 0.3 is 12.0 Å². The number of ether oxygens (including phenoxy) is 1. The predicted molar refractivity (Wildman–Crippen MR) is 117 cm³/mol. The van der Waals surface area contributed by atoms with E-state index >= 15 is 0 Å². The summed E-state index contributed by atoms with van der Waals surface area (Å²) < 4.78 is 10.4. The minimum absolute atomic E-state index is 0.0533. The Morgan fingerprint density at radius 2 is 1.76 bits per heavy atom. The Labute approximate surface area is 191 Å². The van der Waals surface area contributed by atoms with Crippen LogP contribution >= 0.6 is 0 Å². The first-order valence-electron chi connectivity index (χ1n) is 11.2. The lowest BCUT2D eigenvalue weighted by Crippen LogP contribution is -2.50. The molecule has 1 aliphatic carbocycles. The quantitative estimate of drug-likeness (QED) is 0.672. The Bertz CT molecular complexity index is 1010. The Morgan fingerprint density at radius 3 is 2.48 bits per heavy atom. The van der Waals surface area contributed by atoms with Crippen molar-refractivity contribution in [3.05, 3.63) is 59.5 Å². The zero-order valence-corrected chi connectivity index (χ0v) is 18.2. The molecule has 0 saturated heterocycles. The number of hydrogen-bond donors (Lipinski definition) is 2. The third-order valence-electron chi connectivity index (χ3n) is 6.05. The first-order valence-corrected chi connectivity index (χ1v) is 11.2. The first-order chi connectivity index (χ1) is 16.0. The minimum Gasteiger partial charge on any atom is -0.459 e. The molecule has 0 spiro atoms. The largest absolute Gasteiger partial charge is 0.459 e. The fraction of sp³-hybridized carbons (Fsp3) is 0.417. The number of imide groups is 1. The summed E-state index contributed by atoms with van der Waals surface area (Å²) in [6, 6.07) is 9.21. The summed E-state index contributed by atoms with van der Waals surface area (Å²) in [6.07, 6.45) is 6.67. The average molecular weight is 453 g/mol. The number of furan rings is 1. The van der Waals surface area contributed by atoms with Crippen LogP contribution in [0.5, 0.6) is 0 Å². The summed E-state index contributed by atoms with van der Waals surface area (Å²) in [7, 11) is 0. The topological polar surface area (TPSA) is 118 Å². The minimum atomic E-state index is -0.915. The number of nitrogens with one attached hydrogen (secondary N) is 2. The van der Waals surface area contributed by atoms with Gasteiger partial charge in [0.05, 0.1) is 6.26 Å². The number of rotatable bonds is 5. The lowest BCUT2D eigenvalue weighted by molar-refractivity contribution is -0.153. The average Bonchev–Trinajstić information content (AvgIpc) is 3.37. The van der Waals surface area contributed by atoms with Gasteiger partial charge in [-0.3, -0.25) is 14.9 Å². The van der Waals surface area contributed by atoms with Crippen molar-refractivity contribution in [3.8, 4) is 0 Å². The molecule has 1 aromatic carbocycles. The van der Waals surface area contributed by atoms with E-state index in [1.165, 1.54) is 17.2 Å². The number of amides is 4. The van der Waals surface area contributed by atoms with E-state index < -0.39 is 36.5 Å². The summed E-state index contributed by atoms with van der Waals surface area (Å²) in [5, 5.41) is 4.97. The van der Waals surface area contributed by atoms with Crippen LogP contribution in [0.1, 0.15) is 53.8 Å². The van der Waals surface area contributed by atoms with Crippen LogP contribution in [0.15, 0.2) is 47.1 Å². The maximum absolute atomic E-state index is 13.0. The molecule has 2 aromatic rings. The fourth-order valence-corrected chi connectivity index (χ4v) is 4.35. The molecule has 33 heavy (non-hydrogen) atoms. The van der Waals surface area contributed by atoms with Gasteiger partial charge in [-0.2, -0.15) is 0 Å². The molecule has 0 bridgehead atoms. The number of carbonyl (C=O) groups excluding carboxylic acids is 4.